The molecule has 0 spiro atoms. The number of carbonyl (C=O) groups excluding carboxylic acids is 2. The summed E-state index contributed by atoms with van der Waals surface area (Å²) < 4.78 is 16.0. The lowest BCUT2D eigenvalue weighted by Gasteiger charge is -2.20. The molecule has 0 unspecified atom stereocenters. The summed E-state index contributed by atoms with van der Waals surface area (Å²) in [4.78, 5) is 32.6. The van der Waals surface area contributed by atoms with E-state index in [0.29, 0.717) is 36.0 Å². The lowest BCUT2D eigenvalue weighted by atomic mass is 10.1. The van der Waals surface area contributed by atoms with Crippen LogP contribution in [-0.4, -0.2) is 44.2 Å². The van der Waals surface area contributed by atoms with E-state index in [0.717, 1.165) is 16.0 Å². The van der Waals surface area contributed by atoms with Crippen LogP contribution in [0.25, 0.3) is 0 Å². The van der Waals surface area contributed by atoms with E-state index in [4.69, 9.17) is 14.2 Å². The number of benzene rings is 2. The minimum Gasteiger partial charge on any atom is -0.493 e. The van der Waals surface area contributed by atoms with Crippen molar-refractivity contribution >= 4 is 28.3 Å². The largest absolute Gasteiger partial charge is 0.493 e. The van der Waals surface area contributed by atoms with Crippen molar-refractivity contribution < 1.29 is 23.8 Å². The number of hydrogen-bond acceptors (Lipinski definition) is 7. The second-order valence-electron chi connectivity index (χ2n) is 7.56. The monoisotopic (exact) mass is 482 g/mol. The van der Waals surface area contributed by atoms with Crippen LogP contribution in [0.5, 0.6) is 11.5 Å². The molecule has 0 atom stereocenters. The van der Waals surface area contributed by atoms with Crippen LogP contribution in [0.3, 0.4) is 0 Å². The third kappa shape index (κ3) is 6.14. The minimum atomic E-state index is -0.473. The molecular formula is C26H30N2O5S. The maximum absolute atomic E-state index is 13.4. The van der Waals surface area contributed by atoms with Crippen LogP contribution in [0.4, 0.5) is 5.13 Å². The summed E-state index contributed by atoms with van der Waals surface area (Å²) in [6.07, 6.45) is 1.41. The third-order valence-electron chi connectivity index (χ3n) is 5.35. The van der Waals surface area contributed by atoms with Crippen molar-refractivity contribution in [1.82, 2.24) is 4.98 Å². The van der Waals surface area contributed by atoms with E-state index in [9.17, 15) is 9.59 Å². The number of esters is 1. The zero-order valence-corrected chi connectivity index (χ0v) is 20.8. The second kappa shape index (κ2) is 12.2. The first-order chi connectivity index (χ1) is 16.5. The highest BCUT2D eigenvalue weighted by Gasteiger charge is 2.24. The van der Waals surface area contributed by atoms with Gasteiger partial charge in [-0.25, -0.2) is 9.78 Å². The molecule has 0 saturated heterocycles. The molecule has 0 aliphatic heterocycles. The van der Waals surface area contributed by atoms with Gasteiger partial charge < -0.3 is 14.2 Å². The van der Waals surface area contributed by atoms with E-state index in [1.165, 1.54) is 11.3 Å². The van der Waals surface area contributed by atoms with Gasteiger partial charge in [-0.05, 0) is 43.9 Å². The number of amides is 1. The lowest BCUT2D eigenvalue weighted by Crippen LogP contribution is -2.33. The van der Waals surface area contributed by atoms with Crippen molar-refractivity contribution in [3.63, 3.8) is 0 Å². The Morgan fingerprint density at radius 2 is 1.76 bits per heavy atom. The molecule has 2 aromatic carbocycles. The highest BCUT2D eigenvalue weighted by molar-refractivity contribution is 7.16. The Kier molecular flexibility index (Phi) is 9.04. The lowest BCUT2D eigenvalue weighted by molar-refractivity contribution is -0.118. The summed E-state index contributed by atoms with van der Waals surface area (Å²) in [6, 6.07) is 15.6. The molecule has 0 N–H and O–H groups in total. The zero-order chi connectivity index (χ0) is 24.5. The third-order valence-corrected chi connectivity index (χ3v) is 6.34. The first-order valence-corrected chi connectivity index (χ1v) is 12.0. The fourth-order valence-corrected chi connectivity index (χ4v) is 4.57. The SMILES string of the molecule is CCOC(=O)c1nc(N(CCc2ccccc2)C(=O)CCc2cccc(OC)c2OC)sc1C. The molecule has 0 bridgehead atoms. The number of nitrogens with zero attached hydrogens (tertiary/aromatic N) is 2. The fourth-order valence-electron chi connectivity index (χ4n) is 3.63. The quantitative estimate of drug-likeness (QED) is 0.364. The summed E-state index contributed by atoms with van der Waals surface area (Å²) in [5.74, 6) is 0.704. The van der Waals surface area contributed by atoms with E-state index in [-0.39, 0.29) is 24.6 Å². The normalized spacial score (nSPS) is 10.6. The van der Waals surface area contributed by atoms with Crippen LogP contribution in [0.15, 0.2) is 48.5 Å². The standard InChI is InChI=1S/C26H30N2O5S/c1-5-33-25(30)23-18(2)34-26(27-23)28(17-16-19-10-7-6-8-11-19)22(29)15-14-20-12-9-13-21(31-3)24(20)32-4/h6-13H,5,14-17H2,1-4H3. The van der Waals surface area contributed by atoms with Gasteiger partial charge in [-0.2, -0.15) is 0 Å². The number of ether oxygens (including phenoxy) is 3. The molecule has 3 rings (SSSR count). The van der Waals surface area contributed by atoms with Gasteiger partial charge in [0.05, 0.1) is 20.8 Å². The first kappa shape index (κ1) is 25.2. The van der Waals surface area contributed by atoms with E-state index < -0.39 is 5.97 Å². The Labute approximate surface area is 204 Å². The molecule has 0 aliphatic rings. The number of carbonyl (C=O) groups is 2. The number of rotatable bonds is 11. The van der Waals surface area contributed by atoms with Crippen molar-refractivity contribution in [3.05, 3.63) is 70.2 Å². The minimum absolute atomic E-state index is 0.0787. The molecule has 0 saturated carbocycles. The molecule has 3 aromatic rings. The van der Waals surface area contributed by atoms with E-state index in [1.807, 2.05) is 55.5 Å². The van der Waals surface area contributed by atoms with Crippen molar-refractivity contribution in [1.29, 1.82) is 0 Å². The van der Waals surface area contributed by atoms with Gasteiger partial charge in [-0.3, -0.25) is 9.69 Å². The molecule has 0 radical (unpaired) electrons. The predicted octanol–water partition coefficient (Wildman–Crippen LogP) is 4.85. The second-order valence-corrected chi connectivity index (χ2v) is 8.74. The number of para-hydroxylation sites is 1. The van der Waals surface area contributed by atoms with Crippen LogP contribution in [0.1, 0.15) is 39.8 Å². The summed E-state index contributed by atoms with van der Waals surface area (Å²) in [6.45, 7) is 4.29. The topological polar surface area (TPSA) is 78.0 Å². The Hall–Kier alpha value is -3.39. The van der Waals surface area contributed by atoms with Gasteiger partial charge in [0.2, 0.25) is 5.91 Å². The Bertz CT molecular complexity index is 1110. The van der Waals surface area contributed by atoms with Crippen molar-refractivity contribution in [2.75, 3.05) is 32.3 Å². The van der Waals surface area contributed by atoms with Crippen LogP contribution < -0.4 is 14.4 Å². The van der Waals surface area contributed by atoms with Gasteiger partial charge >= 0.3 is 5.97 Å². The molecule has 0 aliphatic carbocycles. The number of anilines is 1. The average Bonchev–Trinajstić information content (AvgIpc) is 3.24. The molecule has 7 nitrogen and oxygen atoms in total. The molecular weight excluding hydrogens is 452 g/mol. The Morgan fingerprint density at radius 1 is 1.00 bits per heavy atom. The van der Waals surface area contributed by atoms with Crippen LogP contribution in [0, 0.1) is 6.92 Å². The van der Waals surface area contributed by atoms with Gasteiger partial charge in [0.1, 0.15) is 0 Å². The number of hydrogen-bond donors (Lipinski definition) is 0. The van der Waals surface area contributed by atoms with Crippen LogP contribution in [0.2, 0.25) is 0 Å². The molecule has 8 heteroatoms. The van der Waals surface area contributed by atoms with Gasteiger partial charge in [0.25, 0.3) is 0 Å². The molecule has 180 valence electrons. The molecule has 0 fully saturated rings. The van der Waals surface area contributed by atoms with Gasteiger partial charge in [-0.1, -0.05) is 42.5 Å². The molecule has 1 amide bonds. The summed E-state index contributed by atoms with van der Waals surface area (Å²) in [7, 11) is 3.18. The highest BCUT2D eigenvalue weighted by atomic mass is 32.1. The fraction of sp³-hybridized carbons (Fsp3) is 0.346. The molecule has 1 aromatic heterocycles. The summed E-state index contributed by atoms with van der Waals surface area (Å²) in [5, 5.41) is 0.499. The number of aryl methyl sites for hydroxylation is 2. The highest BCUT2D eigenvalue weighted by Crippen LogP contribution is 2.32. The van der Waals surface area contributed by atoms with Gasteiger partial charge in [0, 0.05) is 17.8 Å². The maximum Gasteiger partial charge on any atom is 0.358 e. The van der Waals surface area contributed by atoms with Crippen LogP contribution in [-0.2, 0) is 22.4 Å². The average molecular weight is 483 g/mol. The van der Waals surface area contributed by atoms with Crippen molar-refractivity contribution in [2.24, 2.45) is 0 Å². The number of thiazole rings is 1. The van der Waals surface area contributed by atoms with Crippen molar-refractivity contribution in [2.45, 2.75) is 33.1 Å². The Morgan fingerprint density at radius 3 is 2.44 bits per heavy atom. The van der Waals surface area contributed by atoms with Crippen LogP contribution >= 0.6 is 11.3 Å². The predicted molar refractivity (Wildman–Crippen MR) is 133 cm³/mol. The zero-order valence-electron chi connectivity index (χ0n) is 20.0. The van der Waals surface area contributed by atoms with E-state index in [2.05, 4.69) is 4.98 Å². The summed E-state index contributed by atoms with van der Waals surface area (Å²) >= 11 is 1.32. The smallest absolute Gasteiger partial charge is 0.358 e. The number of aromatic nitrogens is 1. The molecule has 1 heterocycles. The van der Waals surface area contributed by atoms with Gasteiger partial charge in [-0.15, -0.1) is 11.3 Å². The molecule has 34 heavy (non-hydrogen) atoms. The summed E-state index contributed by atoms with van der Waals surface area (Å²) in [5.41, 5.74) is 2.27. The van der Waals surface area contributed by atoms with E-state index >= 15 is 0 Å². The van der Waals surface area contributed by atoms with Crippen molar-refractivity contribution in [3.8, 4) is 11.5 Å². The maximum atomic E-state index is 13.4. The van der Waals surface area contributed by atoms with E-state index in [1.54, 1.807) is 26.0 Å². The Balaban J connectivity index is 1.83. The number of methoxy groups -OCH3 is 2. The van der Waals surface area contributed by atoms with Gasteiger partial charge in [0.15, 0.2) is 22.3 Å². The first-order valence-electron chi connectivity index (χ1n) is 11.2.